The lowest BCUT2D eigenvalue weighted by atomic mass is 9.83. The molecule has 3 saturated heterocycles. The fraction of sp³-hybridized carbons (Fsp3) is 0.577. The summed E-state index contributed by atoms with van der Waals surface area (Å²) in [6.45, 7) is 5.38. The summed E-state index contributed by atoms with van der Waals surface area (Å²) in [7, 11) is 0. The lowest BCUT2D eigenvalue weighted by Gasteiger charge is -2.44. The van der Waals surface area contributed by atoms with E-state index >= 15 is 0 Å². The van der Waals surface area contributed by atoms with Gasteiger partial charge in [-0.15, -0.1) is 6.58 Å². The average Bonchev–Trinajstić information content (AvgIpc) is 2.88. The Hall–Kier alpha value is -2.83. The number of hydrogen-bond donors (Lipinski definition) is 6. The maximum absolute atomic E-state index is 13.3. The summed E-state index contributed by atoms with van der Waals surface area (Å²) in [6, 6.07) is 9.10. The molecule has 3 aliphatic heterocycles. The molecule has 37 heavy (non-hydrogen) atoms. The van der Waals surface area contributed by atoms with Crippen LogP contribution in [0, 0.1) is 0 Å². The molecule has 6 N–H and O–H groups in total. The minimum atomic E-state index is -1.68. The molecule has 0 radical (unpaired) electrons. The van der Waals surface area contributed by atoms with Gasteiger partial charge in [0.05, 0.1) is 5.54 Å². The summed E-state index contributed by atoms with van der Waals surface area (Å²) < 4.78 is 5.69. The Morgan fingerprint density at radius 1 is 1.03 bits per heavy atom. The smallest absolute Gasteiger partial charge is 0.252 e. The summed E-state index contributed by atoms with van der Waals surface area (Å²) in [6.07, 6.45) is -4.93. The fourth-order valence-electron chi connectivity index (χ4n) is 5.27. The summed E-state index contributed by atoms with van der Waals surface area (Å²) in [4.78, 5) is 41.5. The van der Waals surface area contributed by atoms with Gasteiger partial charge in [0.2, 0.25) is 11.8 Å². The van der Waals surface area contributed by atoms with E-state index in [9.17, 15) is 29.7 Å². The topological polar surface area (TPSA) is 160 Å². The summed E-state index contributed by atoms with van der Waals surface area (Å²) in [5.41, 5.74) is 0.211. The Morgan fingerprint density at radius 2 is 1.73 bits per heavy atom. The zero-order valence-electron chi connectivity index (χ0n) is 20.7. The second kappa shape index (κ2) is 11.7. The van der Waals surface area contributed by atoms with E-state index in [1.807, 2.05) is 30.3 Å². The second-order valence-electron chi connectivity index (χ2n) is 10.2. The zero-order chi connectivity index (χ0) is 26.6. The zero-order valence-corrected chi connectivity index (χ0v) is 20.7. The predicted octanol–water partition coefficient (Wildman–Crippen LogP) is -1.43. The van der Waals surface area contributed by atoms with E-state index in [-0.39, 0.29) is 19.4 Å². The first-order valence-corrected chi connectivity index (χ1v) is 12.7. The number of carbonyl (C=O) groups is 3. The molecule has 202 valence electrons. The first-order valence-electron chi connectivity index (χ1n) is 12.7. The van der Waals surface area contributed by atoms with Crippen molar-refractivity contribution >= 4 is 17.7 Å². The third kappa shape index (κ3) is 6.36. The molecule has 0 saturated carbocycles. The van der Waals surface area contributed by atoms with Crippen molar-refractivity contribution in [3.8, 4) is 0 Å². The van der Waals surface area contributed by atoms with Gasteiger partial charge in [0, 0.05) is 32.6 Å². The van der Waals surface area contributed by atoms with Crippen LogP contribution in [0.5, 0.6) is 0 Å². The molecule has 11 heteroatoms. The van der Waals surface area contributed by atoms with Gasteiger partial charge in [-0.2, -0.15) is 0 Å². The fourth-order valence-corrected chi connectivity index (χ4v) is 5.27. The van der Waals surface area contributed by atoms with E-state index in [1.165, 1.54) is 6.08 Å². The van der Waals surface area contributed by atoms with Gasteiger partial charge in [-0.3, -0.25) is 19.3 Å². The summed E-state index contributed by atoms with van der Waals surface area (Å²) in [5.74, 6) is -1.59. The van der Waals surface area contributed by atoms with Crippen molar-refractivity contribution in [1.29, 1.82) is 0 Å². The number of hydrogen-bond acceptors (Lipinski definition) is 8. The van der Waals surface area contributed by atoms with Crippen molar-refractivity contribution in [3.05, 3.63) is 48.6 Å². The molecule has 0 unspecified atom stereocenters. The van der Waals surface area contributed by atoms with Gasteiger partial charge >= 0.3 is 0 Å². The van der Waals surface area contributed by atoms with Gasteiger partial charge in [-0.05, 0) is 24.8 Å². The van der Waals surface area contributed by atoms with Gasteiger partial charge in [-0.1, -0.05) is 36.4 Å². The Morgan fingerprint density at radius 3 is 2.41 bits per heavy atom. The third-order valence-electron chi connectivity index (χ3n) is 7.45. The summed E-state index contributed by atoms with van der Waals surface area (Å²) in [5, 5.41) is 39.6. The highest BCUT2D eigenvalue weighted by atomic mass is 16.5. The van der Waals surface area contributed by atoms with Gasteiger partial charge in [0.1, 0.15) is 30.5 Å². The van der Waals surface area contributed by atoms with Crippen LogP contribution in [-0.2, 0) is 25.7 Å². The molecule has 1 aromatic carbocycles. The van der Waals surface area contributed by atoms with E-state index < -0.39 is 59.8 Å². The number of piperidine rings is 1. The van der Waals surface area contributed by atoms with Gasteiger partial charge in [0.15, 0.2) is 6.10 Å². The standard InChI is InChI=1S/C26H36N4O7/c1-2-6-17-24(35)27-14-18-20(32)21(33)22(34)23(37-18)25(36)29-26(13-19(31)28-17)9-11-30(12-10-26)15-16-7-4-3-5-8-16/h2-5,7-8,17-18,20-23,32-34H,1,6,9-15H2,(H,27,35)(H,28,31)(H,29,36)/t17-,18+,20+,21-,22-,23+/m1/s1. The lowest BCUT2D eigenvalue weighted by Crippen LogP contribution is -2.66. The summed E-state index contributed by atoms with van der Waals surface area (Å²) >= 11 is 0. The third-order valence-corrected chi connectivity index (χ3v) is 7.45. The molecule has 3 aliphatic rings. The molecule has 3 amide bonds. The molecule has 1 spiro atoms. The minimum absolute atomic E-state index is 0.0732. The number of carbonyl (C=O) groups excluding carboxylic acids is 3. The van der Waals surface area contributed by atoms with Crippen LogP contribution < -0.4 is 16.0 Å². The van der Waals surface area contributed by atoms with Crippen molar-refractivity contribution in [2.75, 3.05) is 19.6 Å². The highest BCUT2D eigenvalue weighted by molar-refractivity contribution is 5.89. The Balaban J connectivity index is 1.57. The highest BCUT2D eigenvalue weighted by Crippen LogP contribution is 2.29. The highest BCUT2D eigenvalue weighted by Gasteiger charge is 2.49. The first-order chi connectivity index (χ1) is 17.7. The quantitative estimate of drug-likeness (QED) is 0.266. The molecule has 3 fully saturated rings. The number of benzene rings is 1. The van der Waals surface area contributed by atoms with Crippen LogP contribution in [0.3, 0.4) is 0 Å². The van der Waals surface area contributed by atoms with Crippen molar-refractivity contribution in [2.24, 2.45) is 0 Å². The number of likely N-dealkylation sites (tertiary alicyclic amines) is 1. The monoisotopic (exact) mass is 516 g/mol. The molecule has 4 rings (SSSR count). The minimum Gasteiger partial charge on any atom is -0.388 e. The molecule has 0 aliphatic carbocycles. The molecule has 2 bridgehead atoms. The predicted molar refractivity (Wildman–Crippen MR) is 133 cm³/mol. The maximum Gasteiger partial charge on any atom is 0.252 e. The number of nitrogens with zero attached hydrogens (tertiary/aromatic N) is 1. The number of amides is 3. The van der Waals surface area contributed by atoms with Crippen LogP contribution in [0.15, 0.2) is 43.0 Å². The SMILES string of the molecule is C=CC[C@H]1NC(=O)CC2(CCN(Cc3ccccc3)CC2)NC(=O)[C@H]2O[C@@H](CNC1=O)[C@H](O)[C@@H](O)[C@H]2O. The molecular weight excluding hydrogens is 480 g/mol. The van der Waals surface area contributed by atoms with Gasteiger partial charge in [-0.25, -0.2) is 0 Å². The van der Waals surface area contributed by atoms with Crippen LogP contribution in [0.2, 0.25) is 0 Å². The molecule has 3 heterocycles. The second-order valence-corrected chi connectivity index (χ2v) is 10.2. The van der Waals surface area contributed by atoms with E-state index in [0.29, 0.717) is 25.9 Å². The Bertz CT molecular complexity index is 982. The van der Waals surface area contributed by atoms with Crippen molar-refractivity contribution in [1.82, 2.24) is 20.9 Å². The van der Waals surface area contributed by atoms with E-state index in [0.717, 1.165) is 12.1 Å². The molecular formula is C26H36N4O7. The number of fused-ring (bicyclic) bond motifs is 2. The number of aliphatic hydroxyl groups is 3. The van der Waals surface area contributed by atoms with E-state index in [2.05, 4.69) is 27.4 Å². The van der Waals surface area contributed by atoms with Gasteiger partial charge < -0.3 is 36.0 Å². The van der Waals surface area contributed by atoms with Crippen LogP contribution >= 0.6 is 0 Å². The van der Waals surface area contributed by atoms with Crippen LogP contribution in [0.4, 0.5) is 0 Å². The number of nitrogens with one attached hydrogen (secondary N) is 3. The molecule has 11 nitrogen and oxygen atoms in total. The van der Waals surface area contributed by atoms with E-state index in [4.69, 9.17) is 4.74 Å². The van der Waals surface area contributed by atoms with Gasteiger partial charge in [0.25, 0.3) is 5.91 Å². The number of aliphatic hydroxyl groups excluding tert-OH is 3. The number of ether oxygens (including phenoxy) is 1. The van der Waals surface area contributed by atoms with E-state index in [1.54, 1.807) is 0 Å². The lowest BCUT2D eigenvalue weighted by molar-refractivity contribution is -0.220. The maximum atomic E-state index is 13.3. The Kier molecular flexibility index (Phi) is 8.60. The molecule has 6 atom stereocenters. The average molecular weight is 517 g/mol. The first kappa shape index (κ1) is 27.2. The van der Waals surface area contributed by atoms with Crippen molar-refractivity contribution in [3.63, 3.8) is 0 Å². The van der Waals surface area contributed by atoms with Crippen LogP contribution in [0.1, 0.15) is 31.2 Å². The van der Waals surface area contributed by atoms with Crippen LogP contribution in [0.25, 0.3) is 0 Å². The van der Waals surface area contributed by atoms with Crippen molar-refractivity contribution < 1.29 is 34.4 Å². The van der Waals surface area contributed by atoms with Crippen molar-refractivity contribution in [2.45, 2.75) is 74.3 Å². The Labute approximate surface area is 215 Å². The largest absolute Gasteiger partial charge is 0.388 e. The normalized spacial score (nSPS) is 33.2. The molecule has 0 aromatic heterocycles. The molecule has 1 aromatic rings. The number of rotatable bonds is 4. The van der Waals surface area contributed by atoms with Crippen LogP contribution in [-0.4, -0.2) is 99.7 Å².